The van der Waals surface area contributed by atoms with Gasteiger partial charge in [0.15, 0.2) is 0 Å². The zero-order chi connectivity index (χ0) is 18.6. The number of likely N-dealkylation sites (tertiary alicyclic amines) is 1. The Morgan fingerprint density at radius 3 is 2.67 bits per heavy atom. The smallest absolute Gasteiger partial charge is 0.122 e. The number of β-amino-alcohol motifs (C(OH)–C–C–N with tert-alkyl or cyclic N) is 1. The van der Waals surface area contributed by atoms with Gasteiger partial charge in [0, 0.05) is 25.7 Å². The molecule has 1 fully saturated rings. The highest BCUT2D eigenvalue weighted by atomic mass is 16.5. The number of aliphatic hydroxyl groups is 1. The van der Waals surface area contributed by atoms with Crippen molar-refractivity contribution in [3.8, 4) is 5.75 Å². The molecular weight excluding hydrogens is 338 g/mol. The number of hydrogen-bond acceptors (Lipinski definition) is 4. The fourth-order valence-electron chi connectivity index (χ4n) is 3.90. The predicted molar refractivity (Wildman–Crippen MR) is 107 cm³/mol. The molecule has 1 aromatic heterocycles. The molecule has 4 rings (SSSR count). The molecule has 5 nitrogen and oxygen atoms in total. The summed E-state index contributed by atoms with van der Waals surface area (Å²) >= 11 is 0. The van der Waals surface area contributed by atoms with Crippen LogP contribution in [0.5, 0.6) is 5.75 Å². The van der Waals surface area contributed by atoms with E-state index in [1.165, 1.54) is 5.52 Å². The van der Waals surface area contributed by atoms with Gasteiger partial charge >= 0.3 is 0 Å². The summed E-state index contributed by atoms with van der Waals surface area (Å²) in [5, 5.41) is 10.4. The fourth-order valence-corrected chi connectivity index (χ4v) is 3.90. The zero-order valence-corrected chi connectivity index (χ0v) is 15.8. The average molecular weight is 365 g/mol. The first-order valence-electron chi connectivity index (χ1n) is 9.71. The van der Waals surface area contributed by atoms with Crippen LogP contribution in [0.3, 0.4) is 0 Å². The van der Waals surface area contributed by atoms with E-state index < -0.39 is 6.10 Å². The van der Waals surface area contributed by atoms with Crippen LogP contribution in [0.4, 0.5) is 0 Å². The molecule has 1 aliphatic heterocycles. The van der Waals surface area contributed by atoms with E-state index in [4.69, 9.17) is 4.74 Å². The van der Waals surface area contributed by atoms with Gasteiger partial charge in [0.2, 0.25) is 0 Å². The number of para-hydroxylation sites is 3. The van der Waals surface area contributed by atoms with Crippen molar-refractivity contribution in [2.75, 3.05) is 26.2 Å². The van der Waals surface area contributed by atoms with E-state index in [0.717, 1.165) is 42.8 Å². The molecule has 0 bridgehead atoms. The van der Waals surface area contributed by atoms with Gasteiger partial charge in [-0.1, -0.05) is 30.3 Å². The van der Waals surface area contributed by atoms with E-state index in [1.807, 2.05) is 43.6 Å². The number of aliphatic hydroxyl groups excluding tert-OH is 1. The van der Waals surface area contributed by atoms with Crippen molar-refractivity contribution in [2.45, 2.75) is 31.9 Å². The van der Waals surface area contributed by atoms with Crippen LogP contribution in [-0.4, -0.2) is 51.9 Å². The maximum absolute atomic E-state index is 10.4. The van der Waals surface area contributed by atoms with Crippen LogP contribution in [0.25, 0.3) is 11.0 Å². The third kappa shape index (κ3) is 4.15. The molecule has 27 heavy (non-hydrogen) atoms. The molecule has 1 atom stereocenters. The van der Waals surface area contributed by atoms with Crippen molar-refractivity contribution < 1.29 is 9.84 Å². The summed E-state index contributed by atoms with van der Waals surface area (Å²) in [6, 6.07) is 16.7. The molecule has 1 unspecified atom stereocenters. The second-order valence-electron chi connectivity index (χ2n) is 7.40. The molecule has 1 aliphatic rings. The lowest BCUT2D eigenvalue weighted by atomic mass is 10.0. The molecule has 0 saturated carbocycles. The van der Waals surface area contributed by atoms with Crippen molar-refractivity contribution in [2.24, 2.45) is 0 Å². The van der Waals surface area contributed by atoms with Crippen LogP contribution in [0, 0.1) is 6.92 Å². The topological polar surface area (TPSA) is 50.5 Å². The number of piperidine rings is 1. The van der Waals surface area contributed by atoms with Gasteiger partial charge in [-0.05, 0) is 43.5 Å². The minimum absolute atomic E-state index is 0.330. The van der Waals surface area contributed by atoms with Gasteiger partial charge in [-0.2, -0.15) is 0 Å². The molecule has 0 aliphatic carbocycles. The Balaban J connectivity index is 1.27. The quantitative estimate of drug-likeness (QED) is 0.727. The van der Waals surface area contributed by atoms with Gasteiger partial charge in [0.05, 0.1) is 17.4 Å². The van der Waals surface area contributed by atoms with E-state index in [1.54, 1.807) is 0 Å². The van der Waals surface area contributed by atoms with Gasteiger partial charge in [-0.15, -0.1) is 0 Å². The fraction of sp³-hybridized carbons (Fsp3) is 0.409. The highest BCUT2D eigenvalue weighted by Gasteiger charge is 2.23. The molecule has 3 aromatic rings. The monoisotopic (exact) mass is 365 g/mol. The molecule has 142 valence electrons. The Labute approximate surface area is 160 Å². The summed E-state index contributed by atoms with van der Waals surface area (Å²) in [6.45, 7) is 4.98. The lowest BCUT2D eigenvalue weighted by Gasteiger charge is -2.33. The van der Waals surface area contributed by atoms with E-state index in [2.05, 4.69) is 32.7 Å². The van der Waals surface area contributed by atoms with Gasteiger partial charge < -0.3 is 19.3 Å². The molecular formula is C22H27N3O2. The Kier molecular flexibility index (Phi) is 5.41. The largest absolute Gasteiger partial charge is 0.491 e. The number of imidazole rings is 1. The molecule has 2 heterocycles. The first-order valence-corrected chi connectivity index (χ1v) is 9.71. The standard InChI is InChI=1S/C22H27N3O2/c1-17-6-2-5-9-22(17)27-15-19(26)14-24-12-10-18(11-13-24)25-16-23-20-7-3-4-8-21(20)25/h2-9,16,18-19,26H,10-15H2,1H3. The summed E-state index contributed by atoms with van der Waals surface area (Å²) in [4.78, 5) is 6.85. The lowest BCUT2D eigenvalue weighted by molar-refractivity contribution is 0.0559. The Bertz CT molecular complexity index is 884. The summed E-state index contributed by atoms with van der Waals surface area (Å²) < 4.78 is 8.09. The Morgan fingerprint density at radius 1 is 1.11 bits per heavy atom. The number of nitrogens with zero attached hydrogens (tertiary/aromatic N) is 3. The van der Waals surface area contributed by atoms with Crippen molar-refractivity contribution in [3.63, 3.8) is 0 Å². The predicted octanol–water partition coefficient (Wildman–Crippen LogP) is 3.42. The van der Waals surface area contributed by atoms with Crippen molar-refractivity contribution >= 4 is 11.0 Å². The van der Waals surface area contributed by atoms with E-state index >= 15 is 0 Å². The van der Waals surface area contributed by atoms with Gasteiger partial charge in [0.1, 0.15) is 18.5 Å². The normalized spacial score (nSPS) is 17.3. The number of ether oxygens (including phenoxy) is 1. The highest BCUT2D eigenvalue weighted by molar-refractivity contribution is 5.75. The molecule has 1 saturated heterocycles. The third-order valence-corrected chi connectivity index (χ3v) is 5.43. The number of rotatable bonds is 6. The summed E-state index contributed by atoms with van der Waals surface area (Å²) in [7, 11) is 0. The van der Waals surface area contributed by atoms with Crippen molar-refractivity contribution in [1.29, 1.82) is 0 Å². The molecule has 0 amide bonds. The summed E-state index contributed by atoms with van der Waals surface area (Å²) in [5.41, 5.74) is 3.37. The molecule has 1 N–H and O–H groups in total. The van der Waals surface area contributed by atoms with Crippen LogP contribution in [0.15, 0.2) is 54.9 Å². The Morgan fingerprint density at radius 2 is 1.85 bits per heavy atom. The molecule has 5 heteroatoms. The van der Waals surface area contributed by atoms with Crippen LogP contribution < -0.4 is 4.74 Å². The number of benzene rings is 2. The van der Waals surface area contributed by atoms with Crippen LogP contribution in [0.2, 0.25) is 0 Å². The van der Waals surface area contributed by atoms with Crippen LogP contribution in [0.1, 0.15) is 24.4 Å². The van der Waals surface area contributed by atoms with Crippen LogP contribution in [-0.2, 0) is 0 Å². The second-order valence-corrected chi connectivity index (χ2v) is 7.40. The first kappa shape index (κ1) is 18.0. The minimum Gasteiger partial charge on any atom is -0.491 e. The number of aromatic nitrogens is 2. The lowest BCUT2D eigenvalue weighted by Crippen LogP contribution is -2.41. The van der Waals surface area contributed by atoms with Gasteiger partial charge in [-0.3, -0.25) is 0 Å². The van der Waals surface area contributed by atoms with Crippen LogP contribution >= 0.6 is 0 Å². The van der Waals surface area contributed by atoms with E-state index in [0.29, 0.717) is 19.2 Å². The van der Waals surface area contributed by atoms with Gasteiger partial charge in [0.25, 0.3) is 0 Å². The zero-order valence-electron chi connectivity index (χ0n) is 15.8. The molecule has 0 radical (unpaired) electrons. The molecule has 2 aromatic carbocycles. The average Bonchev–Trinajstić information content (AvgIpc) is 3.12. The van der Waals surface area contributed by atoms with Gasteiger partial charge in [-0.25, -0.2) is 4.98 Å². The Hall–Kier alpha value is -2.37. The summed E-state index contributed by atoms with van der Waals surface area (Å²) in [5.74, 6) is 0.849. The number of aryl methyl sites for hydroxylation is 1. The van der Waals surface area contributed by atoms with E-state index in [-0.39, 0.29) is 0 Å². The molecule has 0 spiro atoms. The summed E-state index contributed by atoms with van der Waals surface area (Å²) in [6.07, 6.45) is 3.64. The highest BCUT2D eigenvalue weighted by Crippen LogP contribution is 2.26. The maximum atomic E-state index is 10.4. The maximum Gasteiger partial charge on any atom is 0.122 e. The van der Waals surface area contributed by atoms with E-state index in [9.17, 15) is 5.11 Å². The second kappa shape index (κ2) is 8.11. The van der Waals surface area contributed by atoms with Crippen molar-refractivity contribution in [3.05, 3.63) is 60.4 Å². The minimum atomic E-state index is -0.477. The first-order chi connectivity index (χ1) is 13.2. The SMILES string of the molecule is Cc1ccccc1OCC(O)CN1CCC(n2cnc3ccccc32)CC1. The number of hydrogen-bond donors (Lipinski definition) is 1. The number of fused-ring (bicyclic) bond motifs is 1. The third-order valence-electron chi connectivity index (χ3n) is 5.43. The van der Waals surface area contributed by atoms with Crippen molar-refractivity contribution in [1.82, 2.24) is 14.5 Å².